The number of allylic oxidation sites excluding steroid dienone is 8. The molecule has 0 rings (SSSR count). The third-order valence-corrected chi connectivity index (χ3v) is 8.27. The zero-order valence-corrected chi connectivity index (χ0v) is 29.8. The van der Waals surface area contributed by atoms with E-state index in [1.807, 2.05) is 6.92 Å². The third-order valence-electron chi connectivity index (χ3n) is 8.27. The lowest BCUT2D eigenvalue weighted by molar-refractivity contribution is -0.152. The van der Waals surface area contributed by atoms with Gasteiger partial charge in [0, 0.05) is 12.8 Å². The lowest BCUT2D eigenvalue weighted by atomic mass is 9.99. The van der Waals surface area contributed by atoms with Gasteiger partial charge >= 0.3 is 11.9 Å². The van der Waals surface area contributed by atoms with Crippen molar-refractivity contribution in [3.8, 4) is 0 Å². The minimum Gasteiger partial charge on any atom is -0.463 e. The van der Waals surface area contributed by atoms with E-state index in [0.717, 1.165) is 70.1 Å². The van der Waals surface area contributed by atoms with Crippen LogP contribution in [-0.4, -0.2) is 47.6 Å². The monoisotopic (exact) mass is 647 g/mol. The Hall–Kier alpha value is -2.18. The summed E-state index contributed by atoms with van der Waals surface area (Å²) in [7, 11) is 0. The van der Waals surface area contributed by atoms with E-state index in [2.05, 4.69) is 62.5 Å². The van der Waals surface area contributed by atoms with Crippen molar-refractivity contribution in [3.63, 3.8) is 0 Å². The summed E-state index contributed by atoms with van der Waals surface area (Å²) in [5.74, 6) is 0.224. The molecular weight excluding hydrogens is 576 g/mol. The van der Waals surface area contributed by atoms with Gasteiger partial charge in [-0.25, -0.2) is 0 Å². The highest BCUT2D eigenvalue weighted by molar-refractivity contribution is 5.69. The first-order valence-electron chi connectivity index (χ1n) is 18.7. The van der Waals surface area contributed by atoms with E-state index in [4.69, 9.17) is 9.47 Å². The fourth-order valence-electron chi connectivity index (χ4n) is 4.86. The average molecular weight is 647 g/mol. The largest absolute Gasteiger partial charge is 0.463 e. The molecule has 6 heteroatoms. The minimum atomic E-state index is -0.994. The Morgan fingerprint density at radius 2 is 0.957 bits per heavy atom. The van der Waals surface area contributed by atoms with Crippen LogP contribution in [0.3, 0.4) is 0 Å². The summed E-state index contributed by atoms with van der Waals surface area (Å²) in [6, 6.07) is 0. The quantitative estimate of drug-likeness (QED) is 0.0429. The van der Waals surface area contributed by atoms with Crippen molar-refractivity contribution in [1.29, 1.82) is 0 Å². The first-order valence-corrected chi connectivity index (χ1v) is 18.7. The highest BCUT2D eigenvalue weighted by Crippen LogP contribution is 2.15. The van der Waals surface area contributed by atoms with Crippen molar-refractivity contribution < 1.29 is 29.3 Å². The number of carbonyl (C=O) groups is 2. The molecule has 0 amide bonds. The Labute approximate surface area is 282 Å². The van der Waals surface area contributed by atoms with Crippen molar-refractivity contribution in [2.75, 3.05) is 13.2 Å². The number of rotatable bonds is 32. The molecule has 0 saturated carbocycles. The van der Waals surface area contributed by atoms with Gasteiger partial charge in [-0.05, 0) is 63.7 Å². The fraction of sp³-hybridized carbons (Fsp3) is 0.750. The maximum atomic E-state index is 11.9. The van der Waals surface area contributed by atoms with Gasteiger partial charge in [-0.2, -0.15) is 0 Å². The Morgan fingerprint density at radius 3 is 1.46 bits per heavy atom. The average Bonchev–Trinajstić information content (AvgIpc) is 3.06. The Bertz CT molecular complexity index is 815. The normalized spacial score (nSPS) is 14.1. The number of aliphatic hydroxyl groups is 2. The lowest BCUT2D eigenvalue weighted by Gasteiger charge is -2.12. The van der Waals surface area contributed by atoms with Crippen molar-refractivity contribution in [2.45, 2.75) is 174 Å². The summed E-state index contributed by atoms with van der Waals surface area (Å²) < 4.78 is 10.3. The van der Waals surface area contributed by atoms with Crippen molar-refractivity contribution in [2.24, 2.45) is 5.92 Å². The molecule has 0 aliphatic carbocycles. The van der Waals surface area contributed by atoms with E-state index >= 15 is 0 Å². The molecular formula is C40H70O6. The number of unbranched alkanes of at least 4 members (excludes halogenated alkanes) is 10. The molecule has 0 aromatic carbocycles. The predicted molar refractivity (Wildman–Crippen MR) is 193 cm³/mol. The number of hydrogen-bond acceptors (Lipinski definition) is 6. The van der Waals surface area contributed by atoms with Crippen LogP contribution in [0.2, 0.25) is 0 Å². The van der Waals surface area contributed by atoms with Gasteiger partial charge in [-0.15, -0.1) is 0 Å². The molecule has 0 aliphatic rings. The summed E-state index contributed by atoms with van der Waals surface area (Å²) in [4.78, 5) is 23.9. The SMILES string of the molecule is CCC(C)CCCCCCCCCCCCC(=O)OC[C@@H](O)COC(=O)CCC/C=C\C/C=C\C/C=C\C/C=C\CC[C@@H](O)CC. The number of aliphatic hydroxyl groups excluding tert-OH is 2. The van der Waals surface area contributed by atoms with Gasteiger partial charge in [-0.1, -0.05) is 140 Å². The number of esters is 2. The van der Waals surface area contributed by atoms with E-state index < -0.39 is 6.10 Å². The Balaban J connectivity index is 3.58. The van der Waals surface area contributed by atoms with Crippen LogP contribution >= 0.6 is 0 Å². The van der Waals surface area contributed by atoms with E-state index in [1.54, 1.807) is 0 Å². The van der Waals surface area contributed by atoms with Gasteiger partial charge in [0.2, 0.25) is 0 Å². The molecule has 0 aliphatic heterocycles. The molecule has 0 fully saturated rings. The summed E-state index contributed by atoms with van der Waals surface area (Å²) in [5.41, 5.74) is 0. The second-order valence-electron chi connectivity index (χ2n) is 12.7. The van der Waals surface area contributed by atoms with E-state index in [-0.39, 0.29) is 31.3 Å². The summed E-state index contributed by atoms with van der Waals surface area (Å²) >= 11 is 0. The van der Waals surface area contributed by atoms with Crippen LogP contribution in [0.15, 0.2) is 48.6 Å². The molecule has 0 saturated heterocycles. The number of hydrogen-bond donors (Lipinski definition) is 2. The van der Waals surface area contributed by atoms with Crippen LogP contribution in [0, 0.1) is 5.92 Å². The molecule has 6 nitrogen and oxygen atoms in total. The fourth-order valence-corrected chi connectivity index (χ4v) is 4.86. The predicted octanol–water partition coefficient (Wildman–Crippen LogP) is 10.3. The van der Waals surface area contributed by atoms with Crippen LogP contribution in [0.25, 0.3) is 0 Å². The molecule has 46 heavy (non-hydrogen) atoms. The van der Waals surface area contributed by atoms with Crippen molar-refractivity contribution in [3.05, 3.63) is 48.6 Å². The molecule has 3 atom stereocenters. The van der Waals surface area contributed by atoms with Crippen LogP contribution in [0.4, 0.5) is 0 Å². The van der Waals surface area contributed by atoms with Gasteiger partial charge < -0.3 is 19.7 Å². The topological polar surface area (TPSA) is 93.1 Å². The van der Waals surface area contributed by atoms with Crippen LogP contribution in [-0.2, 0) is 19.1 Å². The Kier molecular flexibility index (Phi) is 32.5. The first kappa shape index (κ1) is 43.8. The molecule has 2 N–H and O–H groups in total. The van der Waals surface area contributed by atoms with Gasteiger partial charge in [-0.3, -0.25) is 9.59 Å². The van der Waals surface area contributed by atoms with Crippen molar-refractivity contribution >= 4 is 11.9 Å². The first-order chi connectivity index (χ1) is 22.4. The highest BCUT2D eigenvalue weighted by Gasteiger charge is 2.12. The van der Waals surface area contributed by atoms with Gasteiger partial charge in [0.05, 0.1) is 6.10 Å². The molecule has 0 aromatic heterocycles. The third kappa shape index (κ3) is 33.2. The summed E-state index contributed by atoms with van der Waals surface area (Å²) in [5, 5.41) is 19.5. The zero-order valence-electron chi connectivity index (χ0n) is 29.8. The molecule has 0 spiro atoms. The van der Waals surface area contributed by atoms with Gasteiger partial charge in [0.25, 0.3) is 0 Å². The molecule has 0 heterocycles. The van der Waals surface area contributed by atoms with E-state index in [1.165, 1.54) is 57.8 Å². The van der Waals surface area contributed by atoms with E-state index in [9.17, 15) is 19.8 Å². The number of ether oxygens (including phenoxy) is 2. The number of carbonyl (C=O) groups excluding carboxylic acids is 2. The van der Waals surface area contributed by atoms with Crippen LogP contribution in [0.1, 0.15) is 162 Å². The van der Waals surface area contributed by atoms with Gasteiger partial charge in [0.15, 0.2) is 0 Å². The van der Waals surface area contributed by atoms with Crippen LogP contribution < -0.4 is 0 Å². The van der Waals surface area contributed by atoms with E-state index in [0.29, 0.717) is 19.3 Å². The minimum absolute atomic E-state index is 0.141. The molecule has 0 aromatic rings. The zero-order chi connectivity index (χ0) is 33.9. The van der Waals surface area contributed by atoms with Gasteiger partial charge in [0.1, 0.15) is 19.3 Å². The second kappa shape index (κ2) is 34.2. The second-order valence-corrected chi connectivity index (χ2v) is 12.7. The molecule has 266 valence electrons. The molecule has 0 bridgehead atoms. The summed E-state index contributed by atoms with van der Waals surface area (Å²) in [6.07, 6.45) is 38.2. The Morgan fingerprint density at radius 1 is 0.522 bits per heavy atom. The van der Waals surface area contributed by atoms with Crippen molar-refractivity contribution in [1.82, 2.24) is 0 Å². The van der Waals surface area contributed by atoms with Crippen LogP contribution in [0.5, 0.6) is 0 Å². The molecule has 1 unspecified atom stereocenters. The smallest absolute Gasteiger partial charge is 0.305 e. The lowest BCUT2D eigenvalue weighted by Crippen LogP contribution is -2.25. The standard InChI is InChI=1S/C40H70O6/c1-4-36(3)30-26-22-18-14-12-13-17-21-25-29-33-40(44)46-35-38(42)34-45-39(43)32-28-24-20-16-11-9-7-6-8-10-15-19-23-27-31-37(41)5-2/h7-10,16,19-20,23,36-38,41-42H,4-6,11-15,17-18,21-22,24-35H2,1-3H3/b9-7-,10-8-,20-16-,23-19-/t36?,37-,38-/m0/s1. The highest BCUT2D eigenvalue weighted by atomic mass is 16.6. The summed E-state index contributed by atoms with van der Waals surface area (Å²) in [6.45, 7) is 6.32. The maximum Gasteiger partial charge on any atom is 0.305 e. The molecule has 0 radical (unpaired) electrons. The maximum absolute atomic E-state index is 11.9.